The fourth-order valence-electron chi connectivity index (χ4n) is 3.03. The van der Waals surface area contributed by atoms with Gasteiger partial charge < -0.3 is 10.0 Å². The molecule has 2 atom stereocenters. The molecular weight excluding hydrogens is 335 g/mol. The standard InChI is InChI=1S/C17H16F3N3O2/c18-17(19,20)13-3-1-2-12(5-13)15-6-14(24)9-23(15)16(25)4-11-7-21-10-22-8-11/h1-3,5,7-8,10,14-15,24H,4,6,9H2/t14-,15+/m0/s1. The lowest BCUT2D eigenvalue weighted by Gasteiger charge is -2.25. The number of aromatic nitrogens is 2. The van der Waals surface area contributed by atoms with E-state index in [4.69, 9.17) is 0 Å². The average Bonchev–Trinajstić information content (AvgIpc) is 2.97. The van der Waals surface area contributed by atoms with Crippen LogP contribution in [-0.4, -0.2) is 38.5 Å². The highest BCUT2D eigenvalue weighted by molar-refractivity contribution is 5.79. The van der Waals surface area contributed by atoms with Crippen LogP contribution < -0.4 is 0 Å². The number of benzene rings is 1. The Morgan fingerprint density at radius 2 is 2.00 bits per heavy atom. The van der Waals surface area contributed by atoms with Gasteiger partial charge in [-0.1, -0.05) is 12.1 Å². The summed E-state index contributed by atoms with van der Waals surface area (Å²) in [6.07, 6.45) is -0.618. The van der Waals surface area contributed by atoms with Gasteiger partial charge in [0.2, 0.25) is 5.91 Å². The molecule has 0 saturated carbocycles. The Balaban J connectivity index is 1.83. The van der Waals surface area contributed by atoms with Crippen molar-refractivity contribution in [1.29, 1.82) is 0 Å². The second kappa shape index (κ2) is 6.79. The summed E-state index contributed by atoms with van der Waals surface area (Å²) in [5, 5.41) is 9.93. The number of likely N-dealkylation sites (tertiary alicyclic amines) is 1. The van der Waals surface area contributed by atoms with Gasteiger partial charge >= 0.3 is 6.18 Å². The van der Waals surface area contributed by atoms with Crippen molar-refractivity contribution < 1.29 is 23.1 Å². The van der Waals surface area contributed by atoms with Gasteiger partial charge in [0.25, 0.3) is 0 Å². The molecule has 1 aliphatic heterocycles. The zero-order chi connectivity index (χ0) is 18.0. The molecule has 0 bridgehead atoms. The lowest BCUT2D eigenvalue weighted by Crippen LogP contribution is -2.33. The fourth-order valence-corrected chi connectivity index (χ4v) is 3.03. The third-order valence-corrected chi connectivity index (χ3v) is 4.17. The van der Waals surface area contributed by atoms with Crippen LogP contribution in [0.25, 0.3) is 0 Å². The third-order valence-electron chi connectivity index (χ3n) is 4.17. The number of carbonyl (C=O) groups excluding carboxylic acids is 1. The van der Waals surface area contributed by atoms with Gasteiger partial charge in [0, 0.05) is 18.9 Å². The second-order valence-corrected chi connectivity index (χ2v) is 6.00. The lowest BCUT2D eigenvalue weighted by molar-refractivity contribution is -0.137. The zero-order valence-corrected chi connectivity index (χ0v) is 13.1. The molecule has 1 aliphatic rings. The first-order valence-electron chi connectivity index (χ1n) is 7.73. The monoisotopic (exact) mass is 351 g/mol. The van der Waals surface area contributed by atoms with E-state index in [0.29, 0.717) is 11.1 Å². The number of halogens is 3. The predicted molar refractivity (Wildman–Crippen MR) is 82.3 cm³/mol. The summed E-state index contributed by atoms with van der Waals surface area (Å²) in [7, 11) is 0. The molecule has 2 aromatic rings. The van der Waals surface area contributed by atoms with Crippen LogP contribution in [-0.2, 0) is 17.4 Å². The first-order valence-corrected chi connectivity index (χ1v) is 7.73. The van der Waals surface area contributed by atoms with Crippen LogP contribution in [0.4, 0.5) is 13.2 Å². The maximum atomic E-state index is 12.9. The molecule has 132 valence electrons. The zero-order valence-electron chi connectivity index (χ0n) is 13.1. The highest BCUT2D eigenvalue weighted by Gasteiger charge is 2.37. The number of β-amino-alcohol motifs (C(OH)–C–C–N with tert-alkyl or cyclic N) is 1. The minimum Gasteiger partial charge on any atom is -0.391 e. The van der Waals surface area contributed by atoms with Gasteiger partial charge in [-0.2, -0.15) is 13.2 Å². The van der Waals surface area contributed by atoms with E-state index in [1.807, 2.05) is 0 Å². The topological polar surface area (TPSA) is 66.3 Å². The Morgan fingerprint density at radius 1 is 1.28 bits per heavy atom. The number of rotatable bonds is 3. The molecular formula is C17H16F3N3O2. The van der Waals surface area contributed by atoms with E-state index >= 15 is 0 Å². The molecule has 1 fully saturated rings. The van der Waals surface area contributed by atoms with Crippen molar-refractivity contribution in [2.24, 2.45) is 0 Å². The van der Waals surface area contributed by atoms with Gasteiger partial charge in [0.05, 0.1) is 24.1 Å². The first kappa shape index (κ1) is 17.3. The highest BCUT2D eigenvalue weighted by atomic mass is 19.4. The Morgan fingerprint density at radius 3 is 2.68 bits per heavy atom. The average molecular weight is 351 g/mol. The van der Waals surface area contributed by atoms with E-state index in [2.05, 4.69) is 9.97 Å². The van der Waals surface area contributed by atoms with Crippen LogP contribution in [0.1, 0.15) is 29.2 Å². The molecule has 1 N–H and O–H groups in total. The fraction of sp³-hybridized carbons (Fsp3) is 0.353. The van der Waals surface area contributed by atoms with Crippen molar-refractivity contribution in [2.45, 2.75) is 31.2 Å². The Hall–Kier alpha value is -2.48. The van der Waals surface area contributed by atoms with Gasteiger partial charge in [-0.05, 0) is 29.7 Å². The van der Waals surface area contributed by atoms with E-state index in [1.54, 1.807) is 6.07 Å². The molecule has 5 nitrogen and oxygen atoms in total. The van der Waals surface area contributed by atoms with Crippen LogP contribution in [0.15, 0.2) is 43.0 Å². The second-order valence-electron chi connectivity index (χ2n) is 6.00. The minimum atomic E-state index is -4.45. The number of carbonyl (C=O) groups is 1. The summed E-state index contributed by atoms with van der Waals surface area (Å²) in [5.41, 5.74) is 0.205. The maximum Gasteiger partial charge on any atom is 0.416 e. The summed E-state index contributed by atoms with van der Waals surface area (Å²) < 4.78 is 38.8. The number of hydrogen-bond donors (Lipinski definition) is 1. The van der Waals surface area contributed by atoms with E-state index < -0.39 is 23.9 Å². The van der Waals surface area contributed by atoms with E-state index in [9.17, 15) is 23.1 Å². The van der Waals surface area contributed by atoms with Crippen molar-refractivity contribution in [3.8, 4) is 0 Å². The quantitative estimate of drug-likeness (QED) is 0.922. The largest absolute Gasteiger partial charge is 0.416 e. The number of amides is 1. The van der Waals surface area contributed by atoms with Crippen LogP contribution in [0, 0.1) is 0 Å². The SMILES string of the molecule is O=C(Cc1cncnc1)N1C[C@@H](O)C[C@@H]1c1cccc(C(F)(F)F)c1. The number of alkyl halides is 3. The van der Waals surface area contributed by atoms with E-state index in [-0.39, 0.29) is 25.3 Å². The van der Waals surface area contributed by atoms with Gasteiger partial charge in [0.1, 0.15) is 6.33 Å². The van der Waals surface area contributed by atoms with Crippen LogP contribution in [0.5, 0.6) is 0 Å². The molecule has 0 radical (unpaired) electrons. The summed E-state index contributed by atoms with van der Waals surface area (Å²) in [6, 6.07) is 4.30. The number of nitrogens with zero attached hydrogens (tertiary/aromatic N) is 3. The number of aliphatic hydroxyl groups is 1. The summed E-state index contributed by atoms with van der Waals surface area (Å²) in [5.74, 6) is -0.284. The highest BCUT2D eigenvalue weighted by Crippen LogP contribution is 2.36. The van der Waals surface area contributed by atoms with Gasteiger partial charge in [-0.15, -0.1) is 0 Å². The van der Waals surface area contributed by atoms with Crippen LogP contribution in [0.3, 0.4) is 0 Å². The molecule has 0 unspecified atom stereocenters. The van der Waals surface area contributed by atoms with Gasteiger partial charge in [0.15, 0.2) is 0 Å². The summed E-state index contributed by atoms with van der Waals surface area (Å²) in [6.45, 7) is 0.0907. The third kappa shape index (κ3) is 3.96. The minimum absolute atomic E-state index is 0.0308. The van der Waals surface area contributed by atoms with Crippen molar-refractivity contribution >= 4 is 5.91 Å². The molecule has 1 saturated heterocycles. The summed E-state index contributed by atoms with van der Waals surface area (Å²) >= 11 is 0. The van der Waals surface area contributed by atoms with Gasteiger partial charge in [-0.25, -0.2) is 9.97 Å². The Kier molecular flexibility index (Phi) is 4.71. The smallest absolute Gasteiger partial charge is 0.391 e. The molecule has 0 spiro atoms. The molecule has 2 heterocycles. The van der Waals surface area contributed by atoms with Crippen molar-refractivity contribution in [3.05, 3.63) is 59.7 Å². The molecule has 8 heteroatoms. The number of aliphatic hydroxyl groups excluding tert-OH is 1. The van der Waals surface area contributed by atoms with Crippen molar-refractivity contribution in [2.75, 3.05) is 6.54 Å². The maximum absolute atomic E-state index is 12.9. The molecule has 25 heavy (non-hydrogen) atoms. The predicted octanol–water partition coefficient (Wildman–Crippen LogP) is 2.37. The molecule has 3 rings (SSSR count). The first-order chi connectivity index (χ1) is 11.8. The molecule has 1 amide bonds. The van der Waals surface area contributed by atoms with Crippen molar-refractivity contribution in [3.63, 3.8) is 0 Å². The van der Waals surface area contributed by atoms with Crippen LogP contribution >= 0.6 is 0 Å². The Labute approximate surface area is 142 Å². The lowest BCUT2D eigenvalue weighted by atomic mass is 10.0. The van der Waals surface area contributed by atoms with E-state index in [1.165, 1.54) is 29.7 Å². The number of hydrogen-bond acceptors (Lipinski definition) is 4. The molecule has 0 aliphatic carbocycles. The summed E-state index contributed by atoms with van der Waals surface area (Å²) in [4.78, 5) is 21.7. The molecule has 1 aromatic heterocycles. The van der Waals surface area contributed by atoms with Gasteiger partial charge in [-0.3, -0.25) is 4.79 Å². The van der Waals surface area contributed by atoms with E-state index in [0.717, 1.165) is 12.1 Å². The molecule has 1 aromatic carbocycles. The normalized spacial score (nSPS) is 20.7. The van der Waals surface area contributed by atoms with Crippen LogP contribution in [0.2, 0.25) is 0 Å². The van der Waals surface area contributed by atoms with Crippen molar-refractivity contribution in [1.82, 2.24) is 14.9 Å². The Bertz CT molecular complexity index is 752.